The maximum absolute atomic E-state index is 12.3. The van der Waals surface area contributed by atoms with Crippen LogP contribution in [-0.2, 0) is 4.79 Å². The molecule has 1 fully saturated rings. The Bertz CT molecular complexity index is 530. The number of nitrogens with zero attached hydrogens (tertiary/aromatic N) is 2. The second-order valence-corrected chi connectivity index (χ2v) is 5.75. The molecule has 1 aromatic carbocycles. The number of hydrogen-bond acceptors (Lipinski definition) is 4. The van der Waals surface area contributed by atoms with E-state index in [1.165, 1.54) is 0 Å². The van der Waals surface area contributed by atoms with Crippen LogP contribution in [0.1, 0.15) is 30.1 Å². The monoisotopic (exact) mass is 319 g/mol. The van der Waals surface area contributed by atoms with Crippen molar-refractivity contribution in [2.24, 2.45) is 5.73 Å². The van der Waals surface area contributed by atoms with Gasteiger partial charge in [-0.2, -0.15) is 0 Å². The van der Waals surface area contributed by atoms with Crippen LogP contribution >= 0.6 is 0 Å². The molecule has 126 valence electrons. The van der Waals surface area contributed by atoms with E-state index < -0.39 is 5.91 Å². The summed E-state index contributed by atoms with van der Waals surface area (Å²) in [6.07, 6.45) is 2.14. The predicted molar refractivity (Wildman–Crippen MR) is 88.4 cm³/mol. The van der Waals surface area contributed by atoms with Crippen LogP contribution in [-0.4, -0.2) is 60.9 Å². The van der Waals surface area contributed by atoms with Crippen molar-refractivity contribution in [1.82, 2.24) is 9.80 Å². The maximum Gasteiger partial charge on any atom is 0.260 e. The van der Waals surface area contributed by atoms with Gasteiger partial charge in [0.15, 0.2) is 6.61 Å². The minimum atomic E-state index is -0.478. The molecule has 0 spiro atoms. The lowest BCUT2D eigenvalue weighted by Crippen LogP contribution is -2.38. The second-order valence-electron chi connectivity index (χ2n) is 5.75. The summed E-state index contributed by atoms with van der Waals surface area (Å²) in [5.74, 6) is 0.0851. The third-order valence-electron chi connectivity index (χ3n) is 3.98. The van der Waals surface area contributed by atoms with Crippen LogP contribution in [0.3, 0.4) is 0 Å². The van der Waals surface area contributed by atoms with Crippen molar-refractivity contribution in [3.05, 3.63) is 29.8 Å². The van der Waals surface area contributed by atoms with Gasteiger partial charge in [0.25, 0.3) is 5.91 Å². The summed E-state index contributed by atoms with van der Waals surface area (Å²) in [4.78, 5) is 27.5. The van der Waals surface area contributed by atoms with E-state index in [-0.39, 0.29) is 12.5 Å². The van der Waals surface area contributed by atoms with E-state index in [0.717, 1.165) is 45.6 Å². The summed E-state index contributed by atoms with van der Waals surface area (Å²) in [6, 6.07) is 6.49. The molecule has 2 rings (SSSR count). The Balaban J connectivity index is 1.81. The molecule has 1 aliphatic heterocycles. The van der Waals surface area contributed by atoms with Gasteiger partial charge in [-0.3, -0.25) is 9.59 Å². The lowest BCUT2D eigenvalue weighted by atomic mass is 10.2. The van der Waals surface area contributed by atoms with Gasteiger partial charge in [0.05, 0.1) is 0 Å². The van der Waals surface area contributed by atoms with E-state index in [9.17, 15) is 9.59 Å². The maximum atomic E-state index is 12.3. The van der Waals surface area contributed by atoms with Crippen molar-refractivity contribution in [2.75, 3.05) is 39.3 Å². The molecule has 0 saturated carbocycles. The highest BCUT2D eigenvalue weighted by Crippen LogP contribution is 2.12. The van der Waals surface area contributed by atoms with Crippen molar-refractivity contribution in [1.29, 1.82) is 0 Å². The minimum Gasteiger partial charge on any atom is -0.484 e. The summed E-state index contributed by atoms with van der Waals surface area (Å²) < 4.78 is 5.51. The lowest BCUT2D eigenvalue weighted by molar-refractivity contribution is -0.133. The van der Waals surface area contributed by atoms with Crippen LogP contribution < -0.4 is 10.5 Å². The van der Waals surface area contributed by atoms with Crippen molar-refractivity contribution in [2.45, 2.75) is 19.8 Å². The SMILES string of the molecule is CCCN1CCCN(C(=O)COc2ccc(C(N)=O)cc2)CC1. The molecule has 6 nitrogen and oxygen atoms in total. The number of hydrogen-bond donors (Lipinski definition) is 1. The fraction of sp³-hybridized carbons (Fsp3) is 0.529. The van der Waals surface area contributed by atoms with Gasteiger partial charge in [-0.05, 0) is 50.2 Å². The highest BCUT2D eigenvalue weighted by atomic mass is 16.5. The minimum absolute atomic E-state index is 0.00215. The van der Waals surface area contributed by atoms with E-state index in [0.29, 0.717) is 11.3 Å². The van der Waals surface area contributed by atoms with Gasteiger partial charge in [0, 0.05) is 25.2 Å². The number of benzene rings is 1. The molecule has 0 bridgehead atoms. The van der Waals surface area contributed by atoms with Crippen molar-refractivity contribution < 1.29 is 14.3 Å². The summed E-state index contributed by atoms with van der Waals surface area (Å²) in [5, 5.41) is 0. The van der Waals surface area contributed by atoms with Crippen LogP contribution in [0.4, 0.5) is 0 Å². The Kier molecular flexibility index (Phi) is 6.40. The predicted octanol–water partition coefficient (Wildman–Crippen LogP) is 1.11. The number of rotatable bonds is 6. The Morgan fingerprint density at radius 2 is 1.87 bits per heavy atom. The Hall–Kier alpha value is -2.08. The molecule has 1 aromatic rings. The smallest absolute Gasteiger partial charge is 0.260 e. The van der Waals surface area contributed by atoms with E-state index in [1.54, 1.807) is 24.3 Å². The van der Waals surface area contributed by atoms with Crippen molar-refractivity contribution in [3.63, 3.8) is 0 Å². The van der Waals surface area contributed by atoms with Crippen LogP contribution in [0.25, 0.3) is 0 Å². The molecule has 23 heavy (non-hydrogen) atoms. The number of primary amides is 1. The number of ether oxygens (including phenoxy) is 1. The van der Waals surface area contributed by atoms with Gasteiger partial charge >= 0.3 is 0 Å². The molecule has 0 atom stereocenters. The summed E-state index contributed by atoms with van der Waals surface area (Å²) in [5.41, 5.74) is 5.61. The third-order valence-corrected chi connectivity index (χ3v) is 3.98. The van der Waals surface area contributed by atoms with Crippen LogP contribution in [0.5, 0.6) is 5.75 Å². The average molecular weight is 319 g/mol. The van der Waals surface area contributed by atoms with E-state index >= 15 is 0 Å². The molecule has 6 heteroatoms. The molecule has 1 aliphatic rings. The van der Waals surface area contributed by atoms with Gasteiger partial charge in [0.2, 0.25) is 5.91 Å². The standard InChI is InChI=1S/C17H25N3O3/c1-2-8-19-9-3-10-20(12-11-19)16(21)13-23-15-6-4-14(5-7-15)17(18)22/h4-7H,2-3,8-13H2,1H3,(H2,18,22). The van der Waals surface area contributed by atoms with Crippen molar-refractivity contribution >= 4 is 11.8 Å². The summed E-state index contributed by atoms with van der Waals surface area (Å²) in [7, 11) is 0. The molecule has 1 saturated heterocycles. The van der Waals surface area contributed by atoms with Crippen molar-refractivity contribution in [3.8, 4) is 5.75 Å². The van der Waals surface area contributed by atoms with Gasteiger partial charge in [-0.25, -0.2) is 0 Å². The molecular formula is C17H25N3O3. The molecule has 0 aromatic heterocycles. The van der Waals surface area contributed by atoms with Crippen LogP contribution in [0.2, 0.25) is 0 Å². The molecule has 2 N–H and O–H groups in total. The summed E-state index contributed by atoms with van der Waals surface area (Å²) >= 11 is 0. The largest absolute Gasteiger partial charge is 0.484 e. The van der Waals surface area contributed by atoms with Crippen LogP contribution in [0, 0.1) is 0 Å². The fourth-order valence-corrected chi connectivity index (χ4v) is 2.71. The first-order chi connectivity index (χ1) is 11.1. The van der Waals surface area contributed by atoms with Gasteiger partial charge in [-0.15, -0.1) is 0 Å². The molecule has 0 unspecified atom stereocenters. The molecule has 2 amide bonds. The normalized spacial score (nSPS) is 16.0. The van der Waals surface area contributed by atoms with Gasteiger partial charge in [-0.1, -0.05) is 6.92 Å². The van der Waals surface area contributed by atoms with Crippen LogP contribution in [0.15, 0.2) is 24.3 Å². The number of nitrogens with two attached hydrogens (primary N) is 1. The van der Waals surface area contributed by atoms with E-state index in [4.69, 9.17) is 10.5 Å². The quantitative estimate of drug-likeness (QED) is 0.852. The first-order valence-electron chi connectivity index (χ1n) is 8.13. The molecule has 0 radical (unpaired) electrons. The number of carbonyl (C=O) groups is 2. The molecular weight excluding hydrogens is 294 g/mol. The summed E-state index contributed by atoms with van der Waals surface area (Å²) in [6.45, 7) is 6.78. The zero-order chi connectivity index (χ0) is 16.7. The lowest BCUT2D eigenvalue weighted by Gasteiger charge is -2.21. The number of carbonyl (C=O) groups excluding carboxylic acids is 2. The molecule has 0 aliphatic carbocycles. The number of amides is 2. The fourth-order valence-electron chi connectivity index (χ4n) is 2.71. The topological polar surface area (TPSA) is 75.9 Å². The third kappa shape index (κ3) is 5.25. The van der Waals surface area contributed by atoms with E-state index in [1.807, 2.05) is 4.90 Å². The first-order valence-corrected chi connectivity index (χ1v) is 8.13. The first kappa shape index (κ1) is 17.3. The van der Waals surface area contributed by atoms with Gasteiger partial charge in [0.1, 0.15) is 5.75 Å². The van der Waals surface area contributed by atoms with Gasteiger partial charge < -0.3 is 20.3 Å². The average Bonchev–Trinajstić information content (AvgIpc) is 2.79. The second kappa shape index (κ2) is 8.53. The Morgan fingerprint density at radius 3 is 2.52 bits per heavy atom. The zero-order valence-corrected chi connectivity index (χ0v) is 13.7. The Labute approximate surface area is 137 Å². The van der Waals surface area contributed by atoms with E-state index in [2.05, 4.69) is 11.8 Å². The zero-order valence-electron chi connectivity index (χ0n) is 13.7. The highest BCUT2D eigenvalue weighted by molar-refractivity contribution is 5.92. The molecule has 1 heterocycles. The Morgan fingerprint density at radius 1 is 1.13 bits per heavy atom. The highest BCUT2D eigenvalue weighted by Gasteiger charge is 2.19.